The topological polar surface area (TPSA) is 101 Å². The number of hydrogen-bond donors (Lipinski definition) is 2. The van der Waals surface area contributed by atoms with Crippen LogP contribution < -0.4 is 10.4 Å². The molecule has 1 aromatic heterocycles. The standard InChI is InChI=1S/C17H17N3O4S/c1-12(21)13-5-4-6-14(11-13)25(23,24)18-9-10-20-16-8-3-2-7-15(16)19-17(20)22/h2-8,11,18H,9-10H2,1H3,(H,19,22). The average molecular weight is 359 g/mol. The Morgan fingerprint density at radius 2 is 1.92 bits per heavy atom. The summed E-state index contributed by atoms with van der Waals surface area (Å²) < 4.78 is 28.7. The first kappa shape index (κ1) is 17.1. The van der Waals surface area contributed by atoms with Crippen LogP contribution in [0.25, 0.3) is 11.0 Å². The number of benzene rings is 2. The van der Waals surface area contributed by atoms with Crippen LogP contribution in [0, 0.1) is 0 Å². The van der Waals surface area contributed by atoms with E-state index in [2.05, 4.69) is 9.71 Å². The Kier molecular flexibility index (Phi) is 4.56. The monoisotopic (exact) mass is 359 g/mol. The Bertz CT molecular complexity index is 1100. The van der Waals surface area contributed by atoms with Crippen molar-refractivity contribution in [1.82, 2.24) is 14.3 Å². The zero-order valence-electron chi connectivity index (χ0n) is 13.5. The van der Waals surface area contributed by atoms with Crippen LogP contribution in [0.4, 0.5) is 0 Å². The Labute approximate surface area is 144 Å². The van der Waals surface area contributed by atoms with E-state index in [9.17, 15) is 18.0 Å². The van der Waals surface area contributed by atoms with Gasteiger partial charge in [0.05, 0.1) is 15.9 Å². The van der Waals surface area contributed by atoms with Gasteiger partial charge >= 0.3 is 5.69 Å². The van der Waals surface area contributed by atoms with Gasteiger partial charge in [0.15, 0.2) is 5.78 Å². The van der Waals surface area contributed by atoms with Gasteiger partial charge in [-0.25, -0.2) is 17.9 Å². The number of nitrogens with zero attached hydrogens (tertiary/aromatic N) is 1. The maximum Gasteiger partial charge on any atom is 0.326 e. The van der Waals surface area contributed by atoms with E-state index in [0.717, 1.165) is 0 Å². The summed E-state index contributed by atoms with van der Waals surface area (Å²) in [6.07, 6.45) is 0. The number of nitrogens with one attached hydrogen (secondary N) is 2. The zero-order chi connectivity index (χ0) is 18.0. The van der Waals surface area contributed by atoms with Crippen LogP contribution in [0.2, 0.25) is 0 Å². The number of aromatic nitrogens is 2. The molecule has 0 aliphatic carbocycles. The van der Waals surface area contributed by atoms with E-state index in [1.165, 1.54) is 29.7 Å². The number of sulfonamides is 1. The minimum atomic E-state index is -3.76. The fourth-order valence-electron chi connectivity index (χ4n) is 2.59. The molecule has 0 unspecified atom stereocenters. The molecule has 1 heterocycles. The van der Waals surface area contributed by atoms with Gasteiger partial charge in [-0.15, -0.1) is 0 Å². The minimum Gasteiger partial charge on any atom is -0.306 e. The molecule has 0 radical (unpaired) electrons. The Balaban J connectivity index is 1.76. The summed E-state index contributed by atoms with van der Waals surface area (Å²) in [5.41, 5.74) is 1.45. The molecule has 0 aliphatic heterocycles. The van der Waals surface area contributed by atoms with Gasteiger partial charge in [-0.3, -0.25) is 9.36 Å². The highest BCUT2D eigenvalue weighted by atomic mass is 32.2. The number of para-hydroxylation sites is 2. The molecular formula is C17H17N3O4S. The number of carbonyl (C=O) groups excluding carboxylic acids is 1. The molecule has 130 valence electrons. The highest BCUT2D eigenvalue weighted by molar-refractivity contribution is 7.89. The van der Waals surface area contributed by atoms with E-state index in [-0.39, 0.29) is 29.5 Å². The second-order valence-electron chi connectivity index (χ2n) is 5.58. The third-order valence-corrected chi connectivity index (χ3v) is 5.32. The van der Waals surface area contributed by atoms with Gasteiger partial charge in [0.2, 0.25) is 10.0 Å². The number of H-pyrrole nitrogens is 1. The van der Waals surface area contributed by atoms with Crippen molar-refractivity contribution in [1.29, 1.82) is 0 Å². The first-order valence-corrected chi connectivity index (χ1v) is 9.15. The smallest absolute Gasteiger partial charge is 0.306 e. The number of fused-ring (bicyclic) bond motifs is 1. The zero-order valence-corrected chi connectivity index (χ0v) is 14.3. The van der Waals surface area contributed by atoms with Crippen molar-refractivity contribution in [3.63, 3.8) is 0 Å². The largest absolute Gasteiger partial charge is 0.326 e. The molecule has 0 bridgehead atoms. The van der Waals surface area contributed by atoms with E-state index in [1.807, 2.05) is 12.1 Å². The van der Waals surface area contributed by atoms with Crippen molar-refractivity contribution in [3.05, 3.63) is 64.6 Å². The summed E-state index contributed by atoms with van der Waals surface area (Å²) in [6.45, 7) is 1.62. The lowest BCUT2D eigenvalue weighted by Crippen LogP contribution is -2.30. The predicted molar refractivity (Wildman–Crippen MR) is 94.2 cm³/mol. The van der Waals surface area contributed by atoms with Crippen LogP contribution in [0.3, 0.4) is 0 Å². The van der Waals surface area contributed by atoms with Crippen molar-refractivity contribution < 1.29 is 13.2 Å². The van der Waals surface area contributed by atoms with E-state index < -0.39 is 10.0 Å². The highest BCUT2D eigenvalue weighted by Gasteiger charge is 2.15. The predicted octanol–water partition coefficient (Wildman–Crippen LogP) is 1.51. The summed E-state index contributed by atoms with van der Waals surface area (Å²) in [7, 11) is -3.76. The Hall–Kier alpha value is -2.71. The normalized spacial score (nSPS) is 11.7. The third kappa shape index (κ3) is 3.54. The van der Waals surface area contributed by atoms with Gasteiger partial charge in [-0.2, -0.15) is 0 Å². The van der Waals surface area contributed by atoms with Crippen molar-refractivity contribution >= 4 is 26.8 Å². The fraction of sp³-hybridized carbons (Fsp3) is 0.176. The van der Waals surface area contributed by atoms with E-state index in [4.69, 9.17) is 0 Å². The number of rotatable bonds is 6. The number of imidazole rings is 1. The first-order valence-electron chi connectivity index (χ1n) is 7.67. The van der Waals surface area contributed by atoms with Crippen LogP contribution in [0.1, 0.15) is 17.3 Å². The lowest BCUT2D eigenvalue weighted by molar-refractivity contribution is 0.101. The van der Waals surface area contributed by atoms with Gasteiger partial charge in [0.25, 0.3) is 0 Å². The SMILES string of the molecule is CC(=O)c1cccc(S(=O)(=O)NCCn2c(=O)[nH]c3ccccc32)c1. The second-order valence-corrected chi connectivity index (χ2v) is 7.35. The molecule has 2 aromatic carbocycles. The van der Waals surface area contributed by atoms with E-state index in [0.29, 0.717) is 16.6 Å². The molecule has 25 heavy (non-hydrogen) atoms. The van der Waals surface area contributed by atoms with Gasteiger partial charge in [-0.1, -0.05) is 24.3 Å². The van der Waals surface area contributed by atoms with Crippen molar-refractivity contribution in [3.8, 4) is 0 Å². The molecule has 3 rings (SSSR count). The number of Topliss-reactive ketones (excluding diaryl/α,β-unsaturated/α-hetero) is 1. The number of carbonyl (C=O) groups is 1. The summed E-state index contributed by atoms with van der Waals surface area (Å²) >= 11 is 0. The van der Waals surface area contributed by atoms with Crippen molar-refractivity contribution in [2.75, 3.05) is 6.54 Å². The number of aromatic amines is 1. The van der Waals surface area contributed by atoms with Gasteiger partial charge in [-0.05, 0) is 31.2 Å². The van der Waals surface area contributed by atoms with Crippen LogP contribution >= 0.6 is 0 Å². The minimum absolute atomic E-state index is 0.0199. The molecule has 0 saturated carbocycles. The summed E-state index contributed by atoms with van der Waals surface area (Å²) in [6, 6.07) is 13.0. The fourth-order valence-corrected chi connectivity index (χ4v) is 3.65. The van der Waals surface area contributed by atoms with Crippen molar-refractivity contribution in [2.24, 2.45) is 0 Å². The lowest BCUT2D eigenvalue weighted by Gasteiger charge is -2.08. The molecule has 2 N–H and O–H groups in total. The Morgan fingerprint density at radius 1 is 1.16 bits per heavy atom. The van der Waals surface area contributed by atoms with Crippen LogP contribution in [-0.2, 0) is 16.6 Å². The quantitative estimate of drug-likeness (QED) is 0.652. The first-order chi connectivity index (χ1) is 11.9. The molecule has 8 heteroatoms. The van der Waals surface area contributed by atoms with E-state index >= 15 is 0 Å². The maximum atomic E-state index is 12.4. The van der Waals surface area contributed by atoms with Crippen LogP contribution in [-0.4, -0.2) is 30.3 Å². The summed E-state index contributed by atoms with van der Waals surface area (Å²) in [5, 5.41) is 0. The van der Waals surface area contributed by atoms with Gasteiger partial charge < -0.3 is 4.98 Å². The molecule has 0 spiro atoms. The molecule has 0 fully saturated rings. The van der Waals surface area contributed by atoms with Gasteiger partial charge in [0.1, 0.15) is 0 Å². The Morgan fingerprint density at radius 3 is 2.68 bits per heavy atom. The van der Waals surface area contributed by atoms with Crippen molar-refractivity contribution in [2.45, 2.75) is 18.4 Å². The maximum absolute atomic E-state index is 12.4. The summed E-state index contributed by atoms with van der Waals surface area (Å²) in [4.78, 5) is 26.1. The molecule has 0 amide bonds. The molecule has 7 nitrogen and oxygen atoms in total. The molecule has 3 aromatic rings. The van der Waals surface area contributed by atoms with Crippen LogP contribution in [0.15, 0.2) is 58.2 Å². The van der Waals surface area contributed by atoms with Gasteiger partial charge in [0, 0.05) is 18.7 Å². The molecule has 0 atom stereocenters. The molecule has 0 aliphatic rings. The summed E-state index contributed by atoms with van der Waals surface area (Å²) in [5.74, 6) is -0.206. The highest BCUT2D eigenvalue weighted by Crippen LogP contribution is 2.12. The number of hydrogen-bond acceptors (Lipinski definition) is 4. The third-order valence-electron chi connectivity index (χ3n) is 3.86. The average Bonchev–Trinajstić information content (AvgIpc) is 2.90. The molecule has 0 saturated heterocycles. The molecular weight excluding hydrogens is 342 g/mol. The second kappa shape index (κ2) is 6.66. The van der Waals surface area contributed by atoms with E-state index in [1.54, 1.807) is 18.2 Å². The van der Waals surface area contributed by atoms with Crippen LogP contribution in [0.5, 0.6) is 0 Å². The lowest BCUT2D eigenvalue weighted by atomic mass is 10.2. The number of ketones is 1.